The molecule has 0 saturated heterocycles. The fourth-order valence-electron chi connectivity index (χ4n) is 2.71. The minimum absolute atomic E-state index is 0. The first kappa shape index (κ1) is 22.5. The summed E-state index contributed by atoms with van der Waals surface area (Å²) in [6.07, 6.45) is 9.79. The lowest BCUT2D eigenvalue weighted by Crippen LogP contribution is -2.20. The van der Waals surface area contributed by atoms with E-state index in [0.29, 0.717) is 6.42 Å². The molecule has 0 aliphatic carbocycles. The van der Waals surface area contributed by atoms with Crippen LogP contribution in [0.15, 0.2) is 59.4 Å². The number of nitrogens with zero attached hydrogens (tertiary/aromatic N) is 2. The molecule has 1 aromatic heterocycles. The molecular weight excluding hydrogens is 362 g/mol. The van der Waals surface area contributed by atoms with E-state index in [-0.39, 0.29) is 12.4 Å². The summed E-state index contributed by atoms with van der Waals surface area (Å²) >= 11 is 0. The van der Waals surface area contributed by atoms with Gasteiger partial charge in [0.25, 0.3) is 0 Å². The van der Waals surface area contributed by atoms with E-state index in [1.54, 1.807) is 6.21 Å². The molecule has 0 radical (unpaired) electrons. The van der Waals surface area contributed by atoms with Crippen LogP contribution in [-0.4, -0.2) is 46.3 Å². The van der Waals surface area contributed by atoms with Gasteiger partial charge in [0.05, 0.1) is 0 Å². The van der Waals surface area contributed by atoms with Gasteiger partial charge in [-0.2, -0.15) is 0 Å². The molecule has 1 heterocycles. The van der Waals surface area contributed by atoms with Gasteiger partial charge in [-0.05, 0) is 50.3 Å². The van der Waals surface area contributed by atoms with E-state index in [2.05, 4.69) is 28.7 Å². The van der Waals surface area contributed by atoms with Crippen LogP contribution < -0.4 is 0 Å². The van der Waals surface area contributed by atoms with E-state index < -0.39 is 12.0 Å². The molecule has 0 amide bonds. The molecule has 146 valence electrons. The average molecular weight is 390 g/mol. The number of hydrogen-bond acceptors (Lipinski definition) is 3. The van der Waals surface area contributed by atoms with Crippen molar-refractivity contribution in [2.75, 3.05) is 13.1 Å². The molecular formula is C21H28ClN3O2. The van der Waals surface area contributed by atoms with Crippen molar-refractivity contribution in [1.82, 2.24) is 9.88 Å². The highest BCUT2D eigenvalue weighted by molar-refractivity contribution is 5.86. The third-order valence-corrected chi connectivity index (χ3v) is 4.30. The SMILES string of the molecule is CCN(/C=C/C=C(\C)C=N[C@@H](Cc1c[nH]c2ccccc12)C(=O)O)CC.Cl. The highest BCUT2D eigenvalue weighted by Crippen LogP contribution is 2.20. The van der Waals surface area contributed by atoms with Gasteiger partial charge in [-0.15, -0.1) is 12.4 Å². The van der Waals surface area contributed by atoms with Crippen molar-refractivity contribution in [2.24, 2.45) is 4.99 Å². The summed E-state index contributed by atoms with van der Waals surface area (Å²) in [5.74, 6) is -0.919. The maximum Gasteiger partial charge on any atom is 0.328 e. The van der Waals surface area contributed by atoms with Gasteiger partial charge in [0.1, 0.15) is 0 Å². The molecule has 0 fully saturated rings. The number of aliphatic imine (C=N–C) groups is 1. The number of hydrogen-bond donors (Lipinski definition) is 2. The van der Waals surface area contributed by atoms with Gasteiger partial charge in [0, 0.05) is 42.8 Å². The lowest BCUT2D eigenvalue weighted by atomic mass is 10.1. The highest BCUT2D eigenvalue weighted by Gasteiger charge is 2.18. The van der Waals surface area contributed by atoms with E-state index in [1.165, 1.54) is 0 Å². The van der Waals surface area contributed by atoms with Crippen LogP contribution in [0.1, 0.15) is 26.3 Å². The highest BCUT2D eigenvalue weighted by atomic mass is 35.5. The number of allylic oxidation sites excluding steroid dienone is 3. The van der Waals surface area contributed by atoms with Crippen molar-refractivity contribution in [2.45, 2.75) is 33.2 Å². The minimum atomic E-state index is -0.919. The number of para-hydroxylation sites is 1. The zero-order chi connectivity index (χ0) is 18.9. The topological polar surface area (TPSA) is 68.7 Å². The Kier molecular flexibility index (Phi) is 9.37. The number of halogens is 1. The number of aromatic amines is 1. The molecule has 1 atom stereocenters. The Morgan fingerprint density at radius 2 is 2.00 bits per heavy atom. The number of aromatic nitrogens is 1. The molecule has 2 N–H and O–H groups in total. The summed E-state index contributed by atoms with van der Waals surface area (Å²) in [6.45, 7) is 8.04. The van der Waals surface area contributed by atoms with Gasteiger partial charge in [0.2, 0.25) is 0 Å². The molecule has 0 unspecified atom stereocenters. The Bertz CT molecular complexity index is 820. The summed E-state index contributed by atoms with van der Waals surface area (Å²) in [7, 11) is 0. The zero-order valence-electron chi connectivity index (χ0n) is 16.1. The zero-order valence-corrected chi connectivity index (χ0v) is 16.9. The van der Waals surface area contributed by atoms with Crippen LogP contribution in [0.5, 0.6) is 0 Å². The van der Waals surface area contributed by atoms with Gasteiger partial charge in [0.15, 0.2) is 6.04 Å². The predicted molar refractivity (Wildman–Crippen MR) is 115 cm³/mol. The number of nitrogens with one attached hydrogen (secondary N) is 1. The van der Waals surface area contributed by atoms with Crippen molar-refractivity contribution in [3.8, 4) is 0 Å². The van der Waals surface area contributed by atoms with E-state index >= 15 is 0 Å². The molecule has 6 heteroatoms. The third kappa shape index (κ3) is 6.61. The van der Waals surface area contributed by atoms with Gasteiger partial charge in [-0.1, -0.05) is 24.3 Å². The second kappa shape index (κ2) is 11.2. The van der Waals surface area contributed by atoms with Crippen molar-refractivity contribution < 1.29 is 9.90 Å². The molecule has 5 nitrogen and oxygen atoms in total. The fraction of sp³-hybridized carbons (Fsp3) is 0.333. The van der Waals surface area contributed by atoms with Crippen LogP contribution in [0.25, 0.3) is 10.9 Å². The van der Waals surface area contributed by atoms with Crippen molar-refractivity contribution in [3.63, 3.8) is 0 Å². The maximum absolute atomic E-state index is 11.6. The van der Waals surface area contributed by atoms with E-state index in [4.69, 9.17) is 0 Å². The smallest absolute Gasteiger partial charge is 0.328 e. The second-order valence-electron chi connectivity index (χ2n) is 6.17. The Balaban J connectivity index is 0.00000364. The Labute approximate surface area is 166 Å². The summed E-state index contributed by atoms with van der Waals surface area (Å²) < 4.78 is 0. The van der Waals surface area contributed by atoms with Crippen LogP contribution in [0, 0.1) is 0 Å². The van der Waals surface area contributed by atoms with Crippen LogP contribution in [0.3, 0.4) is 0 Å². The van der Waals surface area contributed by atoms with Crippen molar-refractivity contribution in [3.05, 3.63) is 60.0 Å². The predicted octanol–water partition coefficient (Wildman–Crippen LogP) is 4.46. The van der Waals surface area contributed by atoms with Gasteiger partial charge < -0.3 is 15.0 Å². The third-order valence-electron chi connectivity index (χ3n) is 4.30. The van der Waals surface area contributed by atoms with E-state index in [9.17, 15) is 9.90 Å². The first-order valence-electron chi connectivity index (χ1n) is 8.95. The fourth-order valence-corrected chi connectivity index (χ4v) is 2.71. The van der Waals surface area contributed by atoms with E-state index in [1.807, 2.05) is 55.7 Å². The molecule has 0 spiro atoms. The van der Waals surface area contributed by atoms with Gasteiger partial charge >= 0.3 is 5.97 Å². The summed E-state index contributed by atoms with van der Waals surface area (Å²) in [5, 5.41) is 10.6. The molecule has 2 rings (SSSR count). The first-order chi connectivity index (χ1) is 12.5. The van der Waals surface area contributed by atoms with Crippen molar-refractivity contribution in [1.29, 1.82) is 0 Å². The van der Waals surface area contributed by atoms with Gasteiger partial charge in [-0.25, -0.2) is 4.79 Å². The van der Waals surface area contributed by atoms with Crippen LogP contribution in [-0.2, 0) is 11.2 Å². The quantitative estimate of drug-likeness (QED) is 0.491. The largest absolute Gasteiger partial charge is 0.480 e. The lowest BCUT2D eigenvalue weighted by molar-refractivity contribution is -0.138. The number of benzene rings is 1. The second-order valence-corrected chi connectivity index (χ2v) is 6.17. The average Bonchev–Trinajstić information content (AvgIpc) is 3.05. The number of rotatable bonds is 9. The number of carboxylic acid groups (broad SMARTS) is 1. The first-order valence-corrected chi connectivity index (χ1v) is 8.95. The Morgan fingerprint density at radius 3 is 2.67 bits per heavy atom. The molecule has 2 aromatic rings. The molecule has 0 saturated carbocycles. The normalized spacial score (nSPS) is 13.2. The lowest BCUT2D eigenvalue weighted by Gasteiger charge is -2.13. The van der Waals surface area contributed by atoms with Crippen LogP contribution >= 0.6 is 12.4 Å². The number of carbonyl (C=O) groups is 1. The Hall–Kier alpha value is -2.53. The number of carboxylic acids is 1. The number of fused-ring (bicyclic) bond motifs is 1. The van der Waals surface area contributed by atoms with Crippen molar-refractivity contribution >= 4 is 35.5 Å². The van der Waals surface area contributed by atoms with Gasteiger partial charge in [-0.3, -0.25) is 4.99 Å². The Morgan fingerprint density at radius 1 is 1.30 bits per heavy atom. The van der Waals surface area contributed by atoms with Crippen LogP contribution in [0.2, 0.25) is 0 Å². The minimum Gasteiger partial charge on any atom is -0.480 e. The molecule has 0 aliphatic rings. The molecule has 0 aliphatic heterocycles. The van der Waals surface area contributed by atoms with E-state index in [0.717, 1.165) is 35.1 Å². The maximum atomic E-state index is 11.6. The summed E-state index contributed by atoms with van der Waals surface area (Å²) in [5.41, 5.74) is 2.89. The molecule has 0 bridgehead atoms. The monoisotopic (exact) mass is 389 g/mol. The summed E-state index contributed by atoms with van der Waals surface area (Å²) in [4.78, 5) is 21.2. The number of aliphatic carboxylic acids is 1. The van der Waals surface area contributed by atoms with Crippen LogP contribution in [0.4, 0.5) is 0 Å². The standard InChI is InChI=1S/C21H27N3O2.ClH/c1-4-24(5-2)12-8-9-16(3)14-22-20(21(25)26)13-17-15-23-19-11-7-6-10-18(17)19;/h6-12,14-15,20,23H,4-5,13H2,1-3H3,(H,25,26);1H/b12-8+,16-9+,22-14?;/t20-;/m0./s1. The molecule has 27 heavy (non-hydrogen) atoms. The number of H-pyrrole nitrogens is 1. The summed E-state index contributed by atoms with van der Waals surface area (Å²) in [6, 6.07) is 7.08. The molecule has 1 aromatic carbocycles.